The maximum Gasteiger partial charge on any atom is 0.396 e. The Kier molecular flexibility index (Phi) is 6.96. The van der Waals surface area contributed by atoms with Gasteiger partial charge in [0.05, 0.1) is 19.3 Å². The molecule has 1 aliphatic carbocycles. The van der Waals surface area contributed by atoms with Crippen molar-refractivity contribution in [3.05, 3.63) is 64.9 Å². The van der Waals surface area contributed by atoms with E-state index in [-0.39, 0.29) is 13.0 Å². The van der Waals surface area contributed by atoms with Crippen LogP contribution >= 0.6 is 11.6 Å². The molecule has 0 heterocycles. The minimum atomic E-state index is -1.63. The van der Waals surface area contributed by atoms with Crippen LogP contribution in [0.4, 0.5) is 4.39 Å². The van der Waals surface area contributed by atoms with E-state index in [0.29, 0.717) is 27.3 Å². The first-order valence-corrected chi connectivity index (χ1v) is 10.2. The average molecular weight is 462 g/mol. The lowest BCUT2D eigenvalue weighted by atomic mass is 9.88. The van der Waals surface area contributed by atoms with Crippen molar-refractivity contribution in [1.82, 2.24) is 5.32 Å². The first kappa shape index (κ1) is 23.4. The highest BCUT2D eigenvalue weighted by Gasteiger charge is 2.46. The van der Waals surface area contributed by atoms with E-state index in [1.54, 1.807) is 31.2 Å². The fourth-order valence-electron chi connectivity index (χ4n) is 3.65. The van der Waals surface area contributed by atoms with Gasteiger partial charge in [0, 0.05) is 10.6 Å². The molecule has 0 radical (unpaired) electrons. The Labute approximate surface area is 188 Å². The van der Waals surface area contributed by atoms with Gasteiger partial charge in [-0.3, -0.25) is 9.59 Å². The minimum Gasteiger partial charge on any atom is -0.481 e. The molecule has 0 aliphatic heterocycles. The maximum atomic E-state index is 14.2. The minimum absolute atomic E-state index is 0.0108. The van der Waals surface area contributed by atoms with Gasteiger partial charge in [0.15, 0.2) is 0 Å². The van der Waals surface area contributed by atoms with Crippen molar-refractivity contribution in [2.24, 2.45) is 5.41 Å². The summed E-state index contributed by atoms with van der Waals surface area (Å²) >= 11 is 5.96. The van der Waals surface area contributed by atoms with E-state index < -0.39 is 41.7 Å². The first-order valence-electron chi connectivity index (χ1n) is 9.81. The topological polar surface area (TPSA) is 113 Å². The predicted octanol–water partition coefficient (Wildman–Crippen LogP) is 3.04. The van der Waals surface area contributed by atoms with E-state index in [1.807, 2.05) is 0 Å². The van der Waals surface area contributed by atoms with Crippen molar-refractivity contribution in [3.8, 4) is 11.1 Å². The molecule has 2 atom stereocenters. The number of halogens is 2. The molecule has 1 amide bonds. The van der Waals surface area contributed by atoms with Gasteiger partial charge in [-0.25, -0.2) is 9.18 Å². The summed E-state index contributed by atoms with van der Waals surface area (Å²) in [4.78, 5) is 35.7. The summed E-state index contributed by atoms with van der Waals surface area (Å²) in [6, 6.07) is 9.88. The van der Waals surface area contributed by atoms with Gasteiger partial charge >= 0.3 is 17.8 Å². The molecule has 3 N–H and O–H groups in total. The molecule has 0 saturated heterocycles. The SMILES string of the molecule is CCOC(=O)C(=O)N[C@H]1C[C@@](CO)(C(=O)O)C=C1c1ccc(-c2cc(Cl)ccc2F)cc1. The monoisotopic (exact) mass is 461 g/mol. The van der Waals surface area contributed by atoms with Gasteiger partial charge in [-0.1, -0.05) is 41.9 Å². The van der Waals surface area contributed by atoms with Crippen LogP contribution in [-0.4, -0.2) is 47.3 Å². The highest BCUT2D eigenvalue weighted by molar-refractivity contribution is 6.32. The van der Waals surface area contributed by atoms with Crippen LogP contribution < -0.4 is 5.32 Å². The number of nitrogens with one attached hydrogen (secondary N) is 1. The average Bonchev–Trinajstić information content (AvgIpc) is 3.15. The number of carbonyl (C=O) groups excluding carboxylic acids is 2. The van der Waals surface area contributed by atoms with Crippen LogP contribution in [0.5, 0.6) is 0 Å². The smallest absolute Gasteiger partial charge is 0.396 e. The fraction of sp³-hybridized carbons (Fsp3) is 0.261. The Morgan fingerprint density at radius 2 is 1.84 bits per heavy atom. The second kappa shape index (κ2) is 9.50. The molecule has 3 rings (SSSR count). The number of amides is 1. The number of hydrogen-bond donors (Lipinski definition) is 3. The van der Waals surface area contributed by atoms with Crippen LogP contribution in [0, 0.1) is 11.2 Å². The Hall–Kier alpha value is -3.23. The summed E-state index contributed by atoms with van der Waals surface area (Å²) in [5.74, 6) is -3.81. The van der Waals surface area contributed by atoms with Gasteiger partial charge in [-0.05, 0) is 48.2 Å². The summed E-state index contributed by atoms with van der Waals surface area (Å²) in [5, 5.41) is 22.3. The Morgan fingerprint density at radius 3 is 2.44 bits per heavy atom. The van der Waals surface area contributed by atoms with Crippen LogP contribution in [0.3, 0.4) is 0 Å². The Bertz CT molecular complexity index is 1080. The number of aliphatic carboxylic acids is 1. The quantitative estimate of drug-likeness (QED) is 0.450. The molecule has 0 bridgehead atoms. The molecule has 32 heavy (non-hydrogen) atoms. The normalized spacial score (nSPS) is 19.9. The first-order chi connectivity index (χ1) is 15.2. The van der Waals surface area contributed by atoms with Crippen LogP contribution in [0.2, 0.25) is 5.02 Å². The van der Waals surface area contributed by atoms with Crippen molar-refractivity contribution < 1.29 is 33.7 Å². The van der Waals surface area contributed by atoms with Gasteiger partial charge in [0.25, 0.3) is 0 Å². The van der Waals surface area contributed by atoms with E-state index >= 15 is 0 Å². The highest BCUT2D eigenvalue weighted by Crippen LogP contribution is 2.41. The van der Waals surface area contributed by atoms with Crippen LogP contribution in [0.25, 0.3) is 16.7 Å². The molecule has 0 unspecified atom stereocenters. The van der Waals surface area contributed by atoms with Gasteiger partial charge in [0.1, 0.15) is 11.2 Å². The zero-order valence-corrected chi connectivity index (χ0v) is 17.9. The molecule has 7 nitrogen and oxygen atoms in total. The molecule has 0 spiro atoms. The van der Waals surface area contributed by atoms with E-state index in [0.717, 1.165) is 0 Å². The standard InChI is InChI=1S/C23H21ClFNO6/c1-2-32-21(29)20(28)26-19-11-23(12-27,22(30)31)10-17(19)14-5-3-13(4-6-14)16-9-15(24)7-8-18(16)25/h3-10,19,27H,2,11-12H2,1H3,(H,26,28)(H,30,31)/t19-,23-/m0/s1. The Balaban J connectivity index is 1.96. The highest BCUT2D eigenvalue weighted by atomic mass is 35.5. The lowest BCUT2D eigenvalue weighted by Gasteiger charge is -2.21. The third-order valence-electron chi connectivity index (χ3n) is 5.31. The molecule has 1 aliphatic rings. The van der Waals surface area contributed by atoms with Crippen molar-refractivity contribution >= 4 is 35.0 Å². The molecule has 0 saturated carbocycles. The lowest BCUT2D eigenvalue weighted by molar-refractivity contribution is -0.154. The number of benzene rings is 2. The zero-order chi connectivity index (χ0) is 23.5. The van der Waals surface area contributed by atoms with Gasteiger partial charge in [-0.2, -0.15) is 0 Å². The molecule has 168 valence electrons. The van der Waals surface area contributed by atoms with Crippen LogP contribution in [-0.2, 0) is 19.1 Å². The third-order valence-corrected chi connectivity index (χ3v) is 5.54. The summed E-state index contributed by atoms with van der Waals surface area (Å²) in [6.07, 6.45) is 1.23. The van der Waals surface area contributed by atoms with Gasteiger partial charge < -0.3 is 20.3 Å². The number of aliphatic hydroxyl groups excluding tert-OH is 1. The van der Waals surface area contributed by atoms with Crippen molar-refractivity contribution in [3.63, 3.8) is 0 Å². The van der Waals surface area contributed by atoms with Crippen LogP contribution in [0.1, 0.15) is 18.9 Å². The molecular weight excluding hydrogens is 441 g/mol. The number of esters is 1. The number of rotatable bonds is 6. The van der Waals surface area contributed by atoms with E-state index in [1.165, 1.54) is 24.3 Å². The molecule has 0 aromatic heterocycles. The molecule has 9 heteroatoms. The number of hydrogen-bond acceptors (Lipinski definition) is 5. The summed E-state index contributed by atoms with van der Waals surface area (Å²) in [6.45, 7) is 0.873. The van der Waals surface area contributed by atoms with Crippen molar-refractivity contribution in [2.75, 3.05) is 13.2 Å². The predicted molar refractivity (Wildman–Crippen MR) is 115 cm³/mol. The molecular formula is C23H21ClFNO6. The number of aliphatic hydroxyl groups is 1. The largest absolute Gasteiger partial charge is 0.481 e. The van der Waals surface area contributed by atoms with Gasteiger partial charge in [0.2, 0.25) is 0 Å². The van der Waals surface area contributed by atoms with E-state index in [9.17, 15) is 29.0 Å². The number of ether oxygens (including phenoxy) is 1. The van der Waals surface area contributed by atoms with Crippen LogP contribution in [0.15, 0.2) is 48.5 Å². The second-order valence-electron chi connectivity index (χ2n) is 7.37. The number of carboxylic acids is 1. The number of carbonyl (C=O) groups is 3. The number of carboxylic acid groups (broad SMARTS) is 1. The summed E-state index contributed by atoms with van der Waals surface area (Å²) in [5.41, 5.74) is 0.178. The van der Waals surface area contributed by atoms with Crippen molar-refractivity contribution in [2.45, 2.75) is 19.4 Å². The molecule has 2 aromatic rings. The van der Waals surface area contributed by atoms with Gasteiger partial charge in [-0.15, -0.1) is 0 Å². The van der Waals surface area contributed by atoms with Crippen molar-refractivity contribution in [1.29, 1.82) is 0 Å². The third kappa shape index (κ3) is 4.66. The fourth-order valence-corrected chi connectivity index (χ4v) is 3.82. The second-order valence-corrected chi connectivity index (χ2v) is 7.81. The van der Waals surface area contributed by atoms with E-state index in [4.69, 9.17) is 11.6 Å². The summed E-state index contributed by atoms with van der Waals surface area (Å²) in [7, 11) is 0. The molecule has 2 aromatic carbocycles. The maximum absolute atomic E-state index is 14.2. The molecule has 0 fully saturated rings. The van der Waals surface area contributed by atoms with E-state index in [2.05, 4.69) is 10.1 Å². The summed E-state index contributed by atoms with van der Waals surface area (Å²) < 4.78 is 18.9. The lowest BCUT2D eigenvalue weighted by Crippen LogP contribution is -2.42. The Morgan fingerprint density at radius 1 is 1.19 bits per heavy atom. The zero-order valence-electron chi connectivity index (χ0n) is 17.1.